The van der Waals surface area contributed by atoms with E-state index in [0.29, 0.717) is 17.8 Å². The third-order valence-corrected chi connectivity index (χ3v) is 6.88. The second-order valence-corrected chi connectivity index (χ2v) is 8.50. The monoisotopic (exact) mass is 340 g/mol. The molecule has 8 atom stereocenters. The highest BCUT2D eigenvalue weighted by Gasteiger charge is 2.69. The zero-order valence-electron chi connectivity index (χ0n) is 15.5. The minimum absolute atomic E-state index is 0.210. The molecule has 2 bridgehead atoms. The van der Waals surface area contributed by atoms with Crippen molar-refractivity contribution < 1.29 is 24.0 Å². The van der Waals surface area contributed by atoms with Crippen LogP contribution in [0.3, 0.4) is 0 Å². The Morgan fingerprint density at radius 1 is 1.08 bits per heavy atom. The van der Waals surface area contributed by atoms with Crippen molar-refractivity contribution in [3.63, 3.8) is 0 Å². The second-order valence-electron chi connectivity index (χ2n) is 8.50. The van der Waals surface area contributed by atoms with Crippen molar-refractivity contribution in [3.8, 4) is 0 Å². The van der Waals surface area contributed by atoms with Crippen LogP contribution in [0.5, 0.6) is 0 Å². The largest absolute Gasteiger partial charge is 0.352 e. The van der Waals surface area contributed by atoms with Crippen molar-refractivity contribution in [3.05, 3.63) is 0 Å². The average molecular weight is 340 g/mol. The molecule has 8 unspecified atom stereocenters. The van der Waals surface area contributed by atoms with Crippen LogP contribution in [0.2, 0.25) is 0 Å². The molecule has 4 aliphatic heterocycles. The Balaban J connectivity index is 1.64. The van der Waals surface area contributed by atoms with E-state index in [1.165, 1.54) is 6.42 Å². The molecule has 0 aromatic carbocycles. The fraction of sp³-hybridized carbons (Fsp3) is 1.00. The topological polar surface area (TPSA) is 46.2 Å². The van der Waals surface area contributed by atoms with E-state index in [4.69, 9.17) is 24.0 Å². The van der Waals surface area contributed by atoms with Crippen LogP contribution in [0.4, 0.5) is 0 Å². The Hall–Kier alpha value is -0.200. The lowest BCUT2D eigenvalue weighted by molar-refractivity contribution is -0.577. The zero-order valence-corrected chi connectivity index (χ0v) is 15.5. The summed E-state index contributed by atoms with van der Waals surface area (Å²) >= 11 is 0. The third-order valence-electron chi connectivity index (χ3n) is 6.88. The molecule has 24 heavy (non-hydrogen) atoms. The van der Waals surface area contributed by atoms with Crippen molar-refractivity contribution in [2.75, 3.05) is 6.61 Å². The van der Waals surface area contributed by atoms with Crippen molar-refractivity contribution >= 4 is 0 Å². The summed E-state index contributed by atoms with van der Waals surface area (Å²) in [5, 5.41) is 0. The van der Waals surface area contributed by atoms with Crippen LogP contribution in [0, 0.1) is 23.7 Å². The standard InChI is InChI=1S/C19H32O5/c1-5-6-11-20-16-13(3)15-8-7-12(2)14-9-10-18(4)22-17(21-16)19(14,15)24-23-18/h12-17H,5-11H2,1-4H3. The molecular weight excluding hydrogens is 308 g/mol. The van der Waals surface area contributed by atoms with Gasteiger partial charge in [0.05, 0.1) is 0 Å². The molecule has 4 saturated heterocycles. The van der Waals surface area contributed by atoms with Crippen LogP contribution in [0.25, 0.3) is 0 Å². The van der Waals surface area contributed by atoms with Gasteiger partial charge in [-0.3, -0.25) is 0 Å². The number of rotatable bonds is 4. The molecule has 1 saturated carbocycles. The SMILES string of the molecule is CCCCOC1OC2OC3(C)CCC4C(C)CCC(C1C)C24OO3. The Morgan fingerprint density at radius 2 is 1.92 bits per heavy atom. The Labute approximate surface area is 145 Å². The van der Waals surface area contributed by atoms with Crippen molar-refractivity contribution in [1.29, 1.82) is 0 Å². The fourth-order valence-electron chi connectivity index (χ4n) is 5.41. The predicted octanol–water partition coefficient (Wildman–Crippen LogP) is 4.01. The summed E-state index contributed by atoms with van der Waals surface area (Å²) in [7, 11) is 0. The van der Waals surface area contributed by atoms with E-state index in [0.717, 1.165) is 38.7 Å². The first-order valence-corrected chi connectivity index (χ1v) is 9.82. The molecule has 5 nitrogen and oxygen atoms in total. The Bertz CT molecular complexity index is 471. The van der Waals surface area contributed by atoms with Gasteiger partial charge in [-0.15, -0.1) is 0 Å². The summed E-state index contributed by atoms with van der Waals surface area (Å²) in [5.41, 5.74) is -0.474. The summed E-state index contributed by atoms with van der Waals surface area (Å²) < 4.78 is 18.7. The van der Waals surface area contributed by atoms with E-state index in [1.54, 1.807) is 0 Å². The first-order chi connectivity index (χ1) is 11.5. The summed E-state index contributed by atoms with van der Waals surface area (Å²) in [6.07, 6.45) is 5.87. The van der Waals surface area contributed by atoms with Gasteiger partial charge in [-0.05, 0) is 44.4 Å². The van der Waals surface area contributed by atoms with Gasteiger partial charge in [0.15, 0.2) is 18.2 Å². The molecule has 1 aliphatic carbocycles. The first kappa shape index (κ1) is 17.2. The quantitative estimate of drug-likeness (QED) is 0.571. The van der Waals surface area contributed by atoms with Crippen LogP contribution in [0.15, 0.2) is 0 Å². The van der Waals surface area contributed by atoms with E-state index in [-0.39, 0.29) is 18.5 Å². The van der Waals surface area contributed by atoms with Gasteiger partial charge in [-0.25, -0.2) is 9.78 Å². The van der Waals surface area contributed by atoms with Crippen LogP contribution in [-0.4, -0.2) is 30.6 Å². The average Bonchev–Trinajstić information content (AvgIpc) is 2.78. The highest BCUT2D eigenvalue weighted by Crippen LogP contribution is 2.60. The molecule has 5 aliphatic rings. The molecule has 0 amide bonds. The summed E-state index contributed by atoms with van der Waals surface area (Å²) in [6, 6.07) is 0. The molecular formula is C19H32O5. The number of hydrogen-bond donors (Lipinski definition) is 0. The summed E-state index contributed by atoms with van der Waals surface area (Å²) in [4.78, 5) is 11.9. The number of fused-ring (bicyclic) bond motifs is 2. The van der Waals surface area contributed by atoms with E-state index in [9.17, 15) is 0 Å². The Morgan fingerprint density at radius 3 is 2.71 bits per heavy atom. The maximum Gasteiger partial charge on any atom is 0.201 e. The first-order valence-electron chi connectivity index (χ1n) is 9.82. The minimum Gasteiger partial charge on any atom is -0.352 e. The molecule has 0 N–H and O–H groups in total. The lowest BCUT2D eigenvalue weighted by Crippen LogP contribution is -2.70. The van der Waals surface area contributed by atoms with E-state index in [2.05, 4.69) is 20.8 Å². The molecule has 5 heteroatoms. The van der Waals surface area contributed by atoms with Gasteiger partial charge < -0.3 is 14.2 Å². The molecule has 138 valence electrons. The highest BCUT2D eigenvalue weighted by atomic mass is 17.3. The van der Waals surface area contributed by atoms with Gasteiger partial charge in [0.1, 0.15) is 0 Å². The molecule has 5 fully saturated rings. The van der Waals surface area contributed by atoms with E-state index < -0.39 is 11.4 Å². The fourth-order valence-corrected chi connectivity index (χ4v) is 5.41. The van der Waals surface area contributed by atoms with Crippen LogP contribution < -0.4 is 0 Å². The normalized spacial score (nSPS) is 53.5. The van der Waals surface area contributed by atoms with Gasteiger partial charge in [0.2, 0.25) is 5.79 Å². The number of unbranched alkanes of at least 4 members (excludes halogenated alkanes) is 1. The van der Waals surface area contributed by atoms with Crippen LogP contribution in [0.1, 0.15) is 66.2 Å². The smallest absolute Gasteiger partial charge is 0.201 e. The van der Waals surface area contributed by atoms with E-state index in [1.807, 2.05) is 6.92 Å². The van der Waals surface area contributed by atoms with Crippen LogP contribution in [-0.2, 0) is 24.0 Å². The van der Waals surface area contributed by atoms with Crippen molar-refractivity contribution in [2.24, 2.45) is 23.7 Å². The third kappa shape index (κ3) is 2.47. The lowest BCUT2D eigenvalue weighted by Gasteiger charge is -2.60. The molecule has 0 aromatic rings. The molecule has 0 aromatic heterocycles. The van der Waals surface area contributed by atoms with Crippen molar-refractivity contribution in [1.82, 2.24) is 0 Å². The van der Waals surface area contributed by atoms with Gasteiger partial charge in [0.25, 0.3) is 0 Å². The molecule has 1 spiro atoms. The minimum atomic E-state index is -0.702. The molecule has 4 heterocycles. The van der Waals surface area contributed by atoms with E-state index >= 15 is 0 Å². The number of hydrogen-bond acceptors (Lipinski definition) is 5. The van der Waals surface area contributed by atoms with Gasteiger partial charge in [-0.1, -0.05) is 27.2 Å². The summed E-state index contributed by atoms with van der Waals surface area (Å²) in [6.45, 7) is 9.46. The zero-order chi connectivity index (χ0) is 16.9. The summed E-state index contributed by atoms with van der Waals surface area (Å²) in [5.74, 6) is 0.954. The maximum atomic E-state index is 6.35. The van der Waals surface area contributed by atoms with Crippen molar-refractivity contribution in [2.45, 2.75) is 90.2 Å². The van der Waals surface area contributed by atoms with Gasteiger partial charge in [0, 0.05) is 24.9 Å². The van der Waals surface area contributed by atoms with Gasteiger partial charge in [-0.2, -0.15) is 0 Å². The highest BCUT2D eigenvalue weighted by molar-refractivity contribution is 5.09. The number of ether oxygens (including phenoxy) is 3. The van der Waals surface area contributed by atoms with Gasteiger partial charge >= 0.3 is 0 Å². The Kier molecular flexibility index (Phi) is 4.45. The molecule has 0 radical (unpaired) electrons. The lowest BCUT2D eigenvalue weighted by atomic mass is 9.58. The molecule has 5 rings (SSSR count). The second kappa shape index (κ2) is 6.20. The van der Waals surface area contributed by atoms with Crippen LogP contribution >= 0.6 is 0 Å². The maximum absolute atomic E-state index is 6.35. The predicted molar refractivity (Wildman–Crippen MR) is 87.7 cm³/mol.